The highest BCUT2D eigenvalue weighted by Gasteiger charge is 2.08. The van der Waals surface area contributed by atoms with Crippen molar-refractivity contribution in [3.63, 3.8) is 0 Å². The first-order valence-electron chi connectivity index (χ1n) is 4.67. The first kappa shape index (κ1) is 11.0. The number of aliphatic hydroxyl groups excluding tert-OH is 1. The van der Waals surface area contributed by atoms with Gasteiger partial charge in [0, 0.05) is 13.2 Å². The number of pyridine rings is 1. The minimum atomic E-state index is 0.00427. The normalized spacial score (nSPS) is 10.7. The summed E-state index contributed by atoms with van der Waals surface area (Å²) < 4.78 is 1.59. The van der Waals surface area contributed by atoms with Crippen LogP contribution in [-0.4, -0.2) is 30.3 Å². The van der Waals surface area contributed by atoms with Gasteiger partial charge in [0.25, 0.3) is 0 Å². The highest BCUT2D eigenvalue weighted by atomic mass is 32.2. The first-order chi connectivity index (χ1) is 7.70. The summed E-state index contributed by atoms with van der Waals surface area (Å²) in [6.45, 7) is 1.95. The third-order valence-electron chi connectivity index (χ3n) is 2.04. The van der Waals surface area contributed by atoms with Gasteiger partial charge < -0.3 is 5.11 Å². The SMILES string of the molecule is Cc1cc(CO)cnc1Sc1nnnn1C. The smallest absolute Gasteiger partial charge is 0.215 e. The highest BCUT2D eigenvalue weighted by molar-refractivity contribution is 7.99. The van der Waals surface area contributed by atoms with Gasteiger partial charge in [-0.2, -0.15) is 0 Å². The number of rotatable bonds is 3. The Labute approximate surface area is 96.7 Å². The molecule has 2 aromatic heterocycles. The summed E-state index contributed by atoms with van der Waals surface area (Å²) in [7, 11) is 1.78. The van der Waals surface area contributed by atoms with Gasteiger partial charge in [-0.25, -0.2) is 9.67 Å². The van der Waals surface area contributed by atoms with Crippen LogP contribution in [0.2, 0.25) is 0 Å². The van der Waals surface area contributed by atoms with E-state index in [-0.39, 0.29) is 6.61 Å². The van der Waals surface area contributed by atoms with E-state index in [1.807, 2.05) is 13.0 Å². The van der Waals surface area contributed by atoms with Crippen molar-refractivity contribution in [2.24, 2.45) is 7.05 Å². The van der Waals surface area contributed by atoms with Crippen LogP contribution in [0.5, 0.6) is 0 Å². The third kappa shape index (κ3) is 2.20. The number of nitrogens with zero attached hydrogens (tertiary/aromatic N) is 5. The number of aryl methyl sites for hydroxylation is 2. The second kappa shape index (κ2) is 4.58. The van der Waals surface area contributed by atoms with Crippen LogP contribution < -0.4 is 0 Å². The standard InChI is InChI=1S/C9H11N5OS/c1-6-3-7(5-15)4-10-8(6)16-9-11-12-13-14(9)2/h3-4,15H,5H2,1-2H3. The molecule has 0 amide bonds. The molecule has 1 N–H and O–H groups in total. The number of aliphatic hydroxyl groups is 1. The quantitative estimate of drug-likeness (QED) is 0.840. The minimum absolute atomic E-state index is 0.00427. The van der Waals surface area contributed by atoms with Crippen LogP contribution in [0.4, 0.5) is 0 Å². The predicted octanol–water partition coefficient (Wildman–Crippen LogP) is 0.557. The Bertz CT molecular complexity index is 498. The molecule has 2 aromatic rings. The van der Waals surface area contributed by atoms with Gasteiger partial charge in [-0.05, 0) is 46.3 Å². The molecular weight excluding hydrogens is 226 g/mol. The van der Waals surface area contributed by atoms with Gasteiger partial charge in [0.05, 0.1) is 6.61 Å². The van der Waals surface area contributed by atoms with E-state index < -0.39 is 0 Å². The van der Waals surface area contributed by atoms with Crippen molar-refractivity contribution in [2.45, 2.75) is 23.7 Å². The largest absolute Gasteiger partial charge is 0.392 e. The number of aromatic nitrogens is 5. The molecule has 6 nitrogen and oxygen atoms in total. The van der Waals surface area contributed by atoms with E-state index in [1.54, 1.807) is 17.9 Å². The van der Waals surface area contributed by atoms with Crippen LogP contribution in [0.1, 0.15) is 11.1 Å². The molecule has 16 heavy (non-hydrogen) atoms. The molecule has 0 saturated carbocycles. The zero-order chi connectivity index (χ0) is 11.5. The van der Waals surface area contributed by atoms with Crippen LogP contribution >= 0.6 is 11.8 Å². The first-order valence-corrected chi connectivity index (χ1v) is 5.49. The fraction of sp³-hybridized carbons (Fsp3) is 0.333. The molecule has 0 aliphatic carbocycles. The molecule has 2 rings (SSSR count). The van der Waals surface area contributed by atoms with Crippen molar-refractivity contribution >= 4 is 11.8 Å². The lowest BCUT2D eigenvalue weighted by Gasteiger charge is -2.04. The van der Waals surface area contributed by atoms with Crippen LogP contribution in [-0.2, 0) is 13.7 Å². The lowest BCUT2D eigenvalue weighted by Crippen LogP contribution is -1.95. The maximum absolute atomic E-state index is 8.97. The fourth-order valence-corrected chi connectivity index (χ4v) is 1.95. The van der Waals surface area contributed by atoms with Crippen molar-refractivity contribution in [3.05, 3.63) is 23.4 Å². The molecule has 84 valence electrons. The van der Waals surface area contributed by atoms with Gasteiger partial charge in [0.15, 0.2) is 0 Å². The summed E-state index contributed by atoms with van der Waals surface area (Å²) in [4.78, 5) is 4.26. The lowest BCUT2D eigenvalue weighted by atomic mass is 10.2. The minimum Gasteiger partial charge on any atom is -0.392 e. The zero-order valence-corrected chi connectivity index (χ0v) is 9.77. The van der Waals surface area contributed by atoms with Crippen LogP contribution in [0.3, 0.4) is 0 Å². The van der Waals surface area contributed by atoms with Gasteiger partial charge in [-0.15, -0.1) is 5.10 Å². The third-order valence-corrected chi connectivity index (χ3v) is 3.19. The van der Waals surface area contributed by atoms with E-state index in [0.717, 1.165) is 16.2 Å². The Hall–Kier alpha value is -1.47. The molecular formula is C9H11N5OS. The molecule has 0 aromatic carbocycles. The van der Waals surface area contributed by atoms with Crippen molar-refractivity contribution in [1.29, 1.82) is 0 Å². The molecule has 0 aliphatic heterocycles. The van der Waals surface area contributed by atoms with Crippen LogP contribution in [0.15, 0.2) is 22.4 Å². The van der Waals surface area contributed by atoms with Crippen molar-refractivity contribution in [2.75, 3.05) is 0 Å². The zero-order valence-electron chi connectivity index (χ0n) is 8.95. The Morgan fingerprint density at radius 3 is 2.88 bits per heavy atom. The second-order valence-corrected chi connectivity index (χ2v) is 4.27. The van der Waals surface area contributed by atoms with E-state index in [9.17, 15) is 0 Å². The Morgan fingerprint density at radius 1 is 1.50 bits per heavy atom. The molecule has 0 unspecified atom stereocenters. The van der Waals surface area contributed by atoms with Crippen molar-refractivity contribution in [3.8, 4) is 0 Å². The van der Waals surface area contributed by atoms with E-state index >= 15 is 0 Å². The number of hydrogen-bond donors (Lipinski definition) is 1. The Kier molecular flexibility index (Phi) is 3.16. The van der Waals surface area contributed by atoms with Gasteiger partial charge in [-0.1, -0.05) is 0 Å². The monoisotopic (exact) mass is 237 g/mol. The second-order valence-electron chi connectivity index (χ2n) is 3.31. The fourth-order valence-electron chi connectivity index (χ4n) is 1.21. The summed E-state index contributed by atoms with van der Waals surface area (Å²) >= 11 is 1.40. The van der Waals surface area contributed by atoms with Crippen LogP contribution in [0.25, 0.3) is 0 Å². The molecule has 2 heterocycles. The summed E-state index contributed by atoms with van der Waals surface area (Å²) in [6.07, 6.45) is 1.65. The molecule has 0 aliphatic rings. The topological polar surface area (TPSA) is 76.7 Å². The van der Waals surface area contributed by atoms with E-state index in [4.69, 9.17) is 5.11 Å². The molecule has 0 fully saturated rings. The Balaban J connectivity index is 2.25. The van der Waals surface area contributed by atoms with Crippen molar-refractivity contribution < 1.29 is 5.11 Å². The molecule has 0 spiro atoms. The Morgan fingerprint density at radius 2 is 2.31 bits per heavy atom. The predicted molar refractivity (Wildman–Crippen MR) is 57.8 cm³/mol. The summed E-state index contributed by atoms with van der Waals surface area (Å²) in [5.74, 6) is 0. The number of tetrazole rings is 1. The van der Waals surface area contributed by atoms with E-state index in [1.165, 1.54) is 11.8 Å². The highest BCUT2D eigenvalue weighted by Crippen LogP contribution is 2.26. The van der Waals surface area contributed by atoms with Gasteiger partial charge in [-0.3, -0.25) is 0 Å². The van der Waals surface area contributed by atoms with Crippen LogP contribution in [0, 0.1) is 6.92 Å². The molecule has 0 radical (unpaired) electrons. The summed E-state index contributed by atoms with van der Waals surface area (Å²) in [5.41, 5.74) is 1.80. The molecule has 7 heteroatoms. The summed E-state index contributed by atoms with van der Waals surface area (Å²) in [5, 5.41) is 21.7. The average molecular weight is 237 g/mol. The number of hydrogen-bond acceptors (Lipinski definition) is 6. The summed E-state index contributed by atoms with van der Waals surface area (Å²) in [6, 6.07) is 1.90. The maximum Gasteiger partial charge on any atom is 0.215 e. The van der Waals surface area contributed by atoms with E-state index in [2.05, 4.69) is 20.5 Å². The van der Waals surface area contributed by atoms with Gasteiger partial charge in [0.1, 0.15) is 5.03 Å². The van der Waals surface area contributed by atoms with E-state index in [0.29, 0.717) is 5.16 Å². The average Bonchev–Trinajstić information content (AvgIpc) is 2.67. The molecule has 0 atom stereocenters. The van der Waals surface area contributed by atoms with Gasteiger partial charge >= 0.3 is 0 Å². The maximum atomic E-state index is 8.97. The molecule has 0 bridgehead atoms. The lowest BCUT2D eigenvalue weighted by molar-refractivity contribution is 0.281. The van der Waals surface area contributed by atoms with Gasteiger partial charge in [0.2, 0.25) is 5.16 Å². The van der Waals surface area contributed by atoms with Crippen molar-refractivity contribution in [1.82, 2.24) is 25.2 Å². The molecule has 0 saturated heterocycles.